The van der Waals surface area contributed by atoms with Crippen LogP contribution in [0.2, 0.25) is 0 Å². The van der Waals surface area contributed by atoms with Crippen LogP contribution in [0.5, 0.6) is 0 Å². The van der Waals surface area contributed by atoms with Crippen LogP contribution in [0.25, 0.3) is 51.7 Å². The van der Waals surface area contributed by atoms with Crippen LogP contribution in [0.3, 0.4) is 0 Å². The monoisotopic (exact) mass is 493 g/mol. The van der Waals surface area contributed by atoms with Gasteiger partial charge in [0.25, 0.3) is 0 Å². The molecule has 0 aliphatic carbocycles. The fraction of sp³-hybridized carbons (Fsp3) is 0.207. The van der Waals surface area contributed by atoms with Crippen LogP contribution >= 0.6 is 22.7 Å². The zero-order valence-electron chi connectivity index (χ0n) is 20.1. The van der Waals surface area contributed by atoms with Gasteiger partial charge in [0, 0.05) is 31.1 Å². The van der Waals surface area contributed by atoms with Crippen molar-refractivity contribution in [1.29, 1.82) is 0 Å². The highest BCUT2D eigenvalue weighted by Crippen LogP contribution is 2.40. The first kappa shape index (κ1) is 21.5. The van der Waals surface area contributed by atoms with E-state index in [1.165, 1.54) is 35.6 Å². The maximum Gasteiger partial charge on any atom is 0.494 e. The molecule has 0 radical (unpaired) electrons. The molecule has 4 aromatic carbocycles. The van der Waals surface area contributed by atoms with E-state index >= 15 is 0 Å². The summed E-state index contributed by atoms with van der Waals surface area (Å²) in [6.07, 6.45) is 0. The summed E-state index contributed by atoms with van der Waals surface area (Å²) in [6.45, 7) is 8.38. The zero-order chi connectivity index (χ0) is 23.9. The molecule has 0 spiro atoms. The Morgan fingerprint density at radius 1 is 0.714 bits per heavy atom. The highest BCUT2D eigenvalue weighted by Gasteiger charge is 2.51. The molecule has 0 bridgehead atoms. The summed E-state index contributed by atoms with van der Waals surface area (Å²) < 4.78 is 16.3. The van der Waals surface area contributed by atoms with Crippen molar-refractivity contribution < 1.29 is 9.31 Å². The smallest absolute Gasteiger partial charge is 0.399 e. The van der Waals surface area contributed by atoms with E-state index in [1.54, 1.807) is 11.3 Å². The first-order valence-corrected chi connectivity index (χ1v) is 13.5. The summed E-state index contributed by atoms with van der Waals surface area (Å²) in [5, 5.41) is 6.12. The number of rotatable bonds is 2. The molecule has 0 unspecified atom stereocenters. The molecular weight excluding hydrogens is 469 g/mol. The first-order chi connectivity index (χ1) is 16.8. The average molecular weight is 493 g/mol. The van der Waals surface area contributed by atoms with Gasteiger partial charge in [0.1, 0.15) is 5.01 Å². The van der Waals surface area contributed by atoms with E-state index in [-0.39, 0.29) is 18.3 Å². The third kappa shape index (κ3) is 3.28. The van der Waals surface area contributed by atoms with Crippen LogP contribution in [0.4, 0.5) is 0 Å². The number of nitrogens with zero attached hydrogens (tertiary/aromatic N) is 1. The minimum Gasteiger partial charge on any atom is -0.399 e. The Morgan fingerprint density at radius 3 is 2.34 bits per heavy atom. The normalized spacial score (nSPS) is 17.3. The van der Waals surface area contributed by atoms with Crippen molar-refractivity contribution >= 4 is 76.4 Å². The van der Waals surface area contributed by atoms with Gasteiger partial charge in [-0.2, -0.15) is 0 Å². The van der Waals surface area contributed by atoms with E-state index < -0.39 is 0 Å². The Hall–Kier alpha value is -2.77. The first-order valence-electron chi connectivity index (χ1n) is 11.9. The van der Waals surface area contributed by atoms with Gasteiger partial charge in [0.05, 0.1) is 21.4 Å². The molecule has 1 fully saturated rings. The van der Waals surface area contributed by atoms with Gasteiger partial charge in [0.15, 0.2) is 0 Å². The Morgan fingerprint density at radius 2 is 1.51 bits per heavy atom. The third-order valence-electron chi connectivity index (χ3n) is 7.55. The lowest BCUT2D eigenvalue weighted by molar-refractivity contribution is 0.00578. The summed E-state index contributed by atoms with van der Waals surface area (Å²) in [4.78, 5) is 4.99. The predicted molar refractivity (Wildman–Crippen MR) is 151 cm³/mol. The highest BCUT2D eigenvalue weighted by molar-refractivity contribution is 7.26. The van der Waals surface area contributed by atoms with Crippen molar-refractivity contribution in [3.05, 3.63) is 72.8 Å². The number of hydrogen-bond donors (Lipinski definition) is 0. The molecule has 6 aromatic rings. The van der Waals surface area contributed by atoms with Crippen LogP contribution in [-0.2, 0) is 9.31 Å². The summed E-state index contributed by atoms with van der Waals surface area (Å²) in [6, 6.07) is 26.1. The second-order valence-corrected chi connectivity index (χ2v) is 12.4. The molecule has 35 heavy (non-hydrogen) atoms. The van der Waals surface area contributed by atoms with Gasteiger partial charge >= 0.3 is 7.12 Å². The Labute approximate surface area is 212 Å². The molecule has 3 heterocycles. The molecule has 6 heteroatoms. The number of aromatic nitrogens is 1. The van der Waals surface area contributed by atoms with E-state index in [0.29, 0.717) is 0 Å². The summed E-state index contributed by atoms with van der Waals surface area (Å²) in [5.41, 5.74) is 2.61. The quantitative estimate of drug-likeness (QED) is 0.231. The Kier molecular flexibility index (Phi) is 4.53. The molecule has 1 aliphatic rings. The second-order valence-electron chi connectivity index (χ2n) is 10.3. The van der Waals surface area contributed by atoms with Gasteiger partial charge < -0.3 is 9.31 Å². The number of thiophene rings is 1. The van der Waals surface area contributed by atoms with E-state index in [0.717, 1.165) is 21.6 Å². The van der Waals surface area contributed by atoms with Gasteiger partial charge in [-0.05, 0) is 62.8 Å². The van der Waals surface area contributed by atoms with E-state index in [4.69, 9.17) is 14.3 Å². The van der Waals surface area contributed by atoms with Crippen molar-refractivity contribution in [2.24, 2.45) is 0 Å². The third-order valence-corrected chi connectivity index (χ3v) is 9.83. The van der Waals surface area contributed by atoms with Gasteiger partial charge in [-0.3, -0.25) is 0 Å². The molecule has 0 saturated carbocycles. The van der Waals surface area contributed by atoms with E-state index in [9.17, 15) is 0 Å². The molecule has 1 aliphatic heterocycles. The number of fused-ring (bicyclic) bond motifs is 6. The minimum atomic E-state index is -0.345. The van der Waals surface area contributed by atoms with Gasteiger partial charge in [0.2, 0.25) is 0 Å². The van der Waals surface area contributed by atoms with Crippen LogP contribution in [0, 0.1) is 0 Å². The number of thiazole rings is 1. The molecular formula is C29H24BNO2S2. The van der Waals surface area contributed by atoms with Gasteiger partial charge in [-0.15, -0.1) is 22.7 Å². The summed E-state index contributed by atoms with van der Waals surface area (Å²) in [7, 11) is -0.345. The molecule has 1 saturated heterocycles. The Bertz CT molecular complexity index is 1770. The molecule has 2 aromatic heterocycles. The Balaban J connectivity index is 1.31. The fourth-order valence-corrected chi connectivity index (χ4v) is 7.06. The molecule has 3 nitrogen and oxygen atoms in total. The van der Waals surface area contributed by atoms with Crippen molar-refractivity contribution in [3.8, 4) is 10.6 Å². The van der Waals surface area contributed by atoms with Crippen molar-refractivity contribution in [2.45, 2.75) is 38.9 Å². The van der Waals surface area contributed by atoms with Crippen LogP contribution in [0.1, 0.15) is 27.7 Å². The lowest BCUT2D eigenvalue weighted by Crippen LogP contribution is -2.41. The number of hydrogen-bond acceptors (Lipinski definition) is 5. The van der Waals surface area contributed by atoms with Crippen LogP contribution < -0.4 is 5.46 Å². The summed E-state index contributed by atoms with van der Waals surface area (Å²) >= 11 is 3.59. The topological polar surface area (TPSA) is 31.4 Å². The maximum absolute atomic E-state index is 6.28. The molecule has 0 atom stereocenters. The maximum atomic E-state index is 6.28. The molecule has 172 valence electrons. The average Bonchev–Trinajstić information content (AvgIpc) is 3.49. The van der Waals surface area contributed by atoms with Crippen molar-refractivity contribution in [2.75, 3.05) is 0 Å². The fourth-order valence-electron chi connectivity index (χ4n) is 4.83. The SMILES string of the molecule is CC1(C)OB(c2ccc3c(c2)sc2ccc(-c4nc5ccc6ccccc6c5s4)cc23)OC1(C)C. The standard InChI is InChI=1S/C29H24BNO2S2/c1-28(2)29(3,4)33-30(32-28)19-11-12-21-22-15-18(10-14-24(22)34-25(21)16-19)27-31-23-13-9-17-7-5-6-8-20(17)26(23)35-27/h5-16H,1-4H3. The lowest BCUT2D eigenvalue weighted by Gasteiger charge is -2.32. The molecule has 0 amide bonds. The minimum absolute atomic E-state index is 0.343. The van der Waals surface area contributed by atoms with Crippen LogP contribution in [-0.4, -0.2) is 23.3 Å². The van der Waals surface area contributed by atoms with E-state index in [2.05, 4.69) is 100 Å². The van der Waals surface area contributed by atoms with Gasteiger partial charge in [-0.1, -0.05) is 48.5 Å². The molecule has 7 rings (SSSR count). The second kappa shape index (κ2) is 7.37. The zero-order valence-corrected chi connectivity index (χ0v) is 21.7. The van der Waals surface area contributed by atoms with Crippen molar-refractivity contribution in [1.82, 2.24) is 4.98 Å². The summed E-state index contributed by atoms with van der Waals surface area (Å²) in [5.74, 6) is 0. The van der Waals surface area contributed by atoms with Crippen molar-refractivity contribution in [3.63, 3.8) is 0 Å². The van der Waals surface area contributed by atoms with Gasteiger partial charge in [-0.25, -0.2) is 4.98 Å². The largest absolute Gasteiger partial charge is 0.494 e. The lowest BCUT2D eigenvalue weighted by atomic mass is 9.79. The highest BCUT2D eigenvalue weighted by atomic mass is 32.1. The number of benzene rings is 4. The van der Waals surface area contributed by atoms with Crippen LogP contribution in [0.15, 0.2) is 72.8 Å². The predicted octanol–water partition coefficient (Wildman–Crippen LogP) is 7.78. The van der Waals surface area contributed by atoms with E-state index in [1.807, 2.05) is 11.3 Å². The molecule has 0 N–H and O–H groups in total.